The first kappa shape index (κ1) is 34.1. The summed E-state index contributed by atoms with van der Waals surface area (Å²) in [5.74, 6) is -0.596. The van der Waals surface area contributed by atoms with E-state index in [1.807, 2.05) is 43.3 Å². The summed E-state index contributed by atoms with van der Waals surface area (Å²) in [6.07, 6.45) is 5.06. The maximum absolute atomic E-state index is 13.7. The van der Waals surface area contributed by atoms with Gasteiger partial charge in [-0.05, 0) is 110 Å². The third-order valence-electron chi connectivity index (χ3n) is 9.74. The van der Waals surface area contributed by atoms with Crippen LogP contribution in [0.5, 0.6) is 0 Å². The molecule has 0 spiro atoms. The van der Waals surface area contributed by atoms with E-state index in [1.54, 1.807) is 24.3 Å². The zero-order valence-electron chi connectivity index (χ0n) is 27.5. The van der Waals surface area contributed by atoms with Gasteiger partial charge in [-0.25, -0.2) is 0 Å². The lowest BCUT2D eigenvalue weighted by Gasteiger charge is -2.28. The van der Waals surface area contributed by atoms with Crippen LogP contribution in [0, 0.1) is 18.8 Å². The highest BCUT2D eigenvalue weighted by atomic mass is 35.5. The maximum atomic E-state index is 13.7. The monoisotopic (exact) mass is 683 g/mol. The molecule has 7 N–H and O–H groups in total. The summed E-state index contributed by atoms with van der Waals surface area (Å²) in [5.41, 5.74) is 11.2. The van der Waals surface area contributed by atoms with Crippen LogP contribution in [-0.4, -0.2) is 59.0 Å². The number of carbonyl (C=O) groups is 4. The van der Waals surface area contributed by atoms with Gasteiger partial charge in [0.1, 0.15) is 17.2 Å². The molecule has 1 aliphatic carbocycles. The molecule has 1 saturated heterocycles. The van der Waals surface area contributed by atoms with Crippen LogP contribution in [0.4, 0.5) is 5.69 Å². The molecular formula is C37H42ClN7O4. The summed E-state index contributed by atoms with van der Waals surface area (Å²) < 4.78 is 0. The van der Waals surface area contributed by atoms with E-state index in [9.17, 15) is 19.2 Å². The van der Waals surface area contributed by atoms with Crippen LogP contribution in [0.2, 0.25) is 5.15 Å². The number of halogens is 1. The number of carbonyl (C=O) groups excluding carboxylic acids is 4. The average Bonchev–Trinajstić information content (AvgIpc) is 3.48. The fourth-order valence-corrected chi connectivity index (χ4v) is 6.98. The first-order valence-corrected chi connectivity index (χ1v) is 17.3. The molecule has 4 amide bonds. The van der Waals surface area contributed by atoms with Crippen LogP contribution < -0.4 is 27.0 Å². The number of amides is 4. The molecule has 1 aliphatic heterocycles. The number of piperidine rings is 1. The SMILES string of the molecule is Cc1cc(C(=O)N[C@H]2CCCNC2=O)ccc1-c1ccc(C[C@H](NC(=O)C2CCC(CN)CC2)C(=O)Nc2ccc3c(Cl)[nH]nc3c2)cc1. The third kappa shape index (κ3) is 8.12. The first-order valence-electron chi connectivity index (χ1n) is 16.9. The van der Waals surface area contributed by atoms with Gasteiger partial charge in [-0.3, -0.25) is 24.3 Å². The van der Waals surface area contributed by atoms with E-state index in [-0.39, 0.29) is 29.5 Å². The predicted molar refractivity (Wildman–Crippen MR) is 190 cm³/mol. The second-order valence-electron chi connectivity index (χ2n) is 13.2. The summed E-state index contributed by atoms with van der Waals surface area (Å²) >= 11 is 6.15. The van der Waals surface area contributed by atoms with Crippen molar-refractivity contribution in [3.63, 3.8) is 0 Å². The fraction of sp³-hybridized carbons (Fsp3) is 0.378. The zero-order chi connectivity index (χ0) is 34.5. The molecule has 49 heavy (non-hydrogen) atoms. The number of H-pyrrole nitrogens is 1. The van der Waals surface area contributed by atoms with Gasteiger partial charge in [-0.15, -0.1) is 0 Å². The van der Waals surface area contributed by atoms with Crippen LogP contribution >= 0.6 is 11.6 Å². The Hall–Kier alpha value is -4.74. The zero-order valence-corrected chi connectivity index (χ0v) is 28.2. The minimum absolute atomic E-state index is 0.120. The van der Waals surface area contributed by atoms with Gasteiger partial charge in [0.15, 0.2) is 0 Å². The van der Waals surface area contributed by atoms with E-state index < -0.39 is 12.1 Å². The lowest BCUT2D eigenvalue weighted by molar-refractivity contribution is -0.130. The molecule has 2 heterocycles. The number of nitrogens with zero attached hydrogens (tertiary/aromatic N) is 1. The second-order valence-corrected chi connectivity index (χ2v) is 13.5. The Labute approximate surface area is 290 Å². The number of rotatable bonds is 10. The van der Waals surface area contributed by atoms with Crippen LogP contribution in [0.3, 0.4) is 0 Å². The van der Waals surface area contributed by atoms with Gasteiger partial charge >= 0.3 is 0 Å². The van der Waals surface area contributed by atoms with Crippen molar-refractivity contribution < 1.29 is 19.2 Å². The van der Waals surface area contributed by atoms with Gasteiger partial charge in [-0.2, -0.15) is 5.10 Å². The highest BCUT2D eigenvalue weighted by Gasteiger charge is 2.30. The largest absolute Gasteiger partial charge is 0.354 e. The molecule has 2 aliphatic rings. The molecule has 256 valence electrons. The average molecular weight is 684 g/mol. The minimum atomic E-state index is -0.810. The van der Waals surface area contributed by atoms with E-state index in [0.717, 1.165) is 59.7 Å². The van der Waals surface area contributed by atoms with Crippen LogP contribution in [0.25, 0.3) is 22.0 Å². The highest BCUT2D eigenvalue weighted by molar-refractivity contribution is 6.34. The van der Waals surface area contributed by atoms with Gasteiger partial charge in [0.25, 0.3) is 5.91 Å². The summed E-state index contributed by atoms with van der Waals surface area (Å²) in [6, 6.07) is 17.3. The molecule has 0 unspecified atom stereocenters. The first-order chi connectivity index (χ1) is 23.7. The fourth-order valence-electron chi connectivity index (χ4n) is 6.78. The second kappa shape index (κ2) is 15.2. The van der Waals surface area contributed by atoms with Gasteiger partial charge in [0.05, 0.1) is 5.52 Å². The van der Waals surface area contributed by atoms with Gasteiger partial charge in [0.2, 0.25) is 17.7 Å². The van der Waals surface area contributed by atoms with Crippen LogP contribution in [0.15, 0.2) is 60.7 Å². The molecule has 3 aromatic carbocycles. The Morgan fingerprint density at radius 1 is 1.00 bits per heavy atom. The Morgan fingerprint density at radius 3 is 2.49 bits per heavy atom. The number of nitrogens with one attached hydrogen (secondary N) is 5. The number of hydrogen-bond acceptors (Lipinski definition) is 6. The lowest BCUT2D eigenvalue weighted by Crippen LogP contribution is -2.50. The van der Waals surface area contributed by atoms with E-state index in [0.29, 0.717) is 53.8 Å². The number of nitrogens with two attached hydrogens (primary N) is 1. The summed E-state index contributed by atoms with van der Waals surface area (Å²) in [4.78, 5) is 52.1. The quantitative estimate of drug-likeness (QED) is 0.142. The molecule has 1 aromatic heterocycles. The Bertz CT molecular complexity index is 1850. The molecule has 4 aromatic rings. The van der Waals surface area contributed by atoms with Crippen molar-refractivity contribution in [3.8, 4) is 11.1 Å². The topological polar surface area (TPSA) is 171 Å². The highest BCUT2D eigenvalue weighted by Crippen LogP contribution is 2.29. The van der Waals surface area contributed by atoms with Gasteiger partial charge in [-0.1, -0.05) is 41.9 Å². The standard InChI is InChI=1S/C37H42ClN7O4/c1-21-17-26(35(47)42-30-3-2-16-40-36(30)48)12-14-28(21)24-8-4-22(5-9-24)18-32(43-34(46)25-10-6-23(20-39)7-11-25)37(49)41-27-13-15-29-31(19-27)44-45-33(29)38/h4-5,8-9,12-15,17,19,23,25,30,32H,2-3,6-7,10-11,16,18,20,39H2,1H3,(H,40,48)(H,41,49)(H,42,47)(H,43,46)(H,44,45)/t23?,25?,30-,32-/m0/s1. The van der Waals surface area contributed by atoms with Crippen molar-refractivity contribution in [1.29, 1.82) is 0 Å². The predicted octanol–water partition coefficient (Wildman–Crippen LogP) is 4.63. The van der Waals surface area contributed by atoms with Crippen LogP contribution in [-0.2, 0) is 20.8 Å². The van der Waals surface area contributed by atoms with E-state index in [4.69, 9.17) is 17.3 Å². The Kier molecular flexibility index (Phi) is 10.6. The Morgan fingerprint density at radius 2 is 1.78 bits per heavy atom. The summed E-state index contributed by atoms with van der Waals surface area (Å²) in [7, 11) is 0. The Balaban J connectivity index is 1.15. The number of aryl methyl sites for hydroxylation is 1. The summed E-state index contributed by atoms with van der Waals surface area (Å²) in [5, 5.41) is 19.7. The van der Waals surface area contributed by atoms with Gasteiger partial charge < -0.3 is 27.0 Å². The van der Waals surface area contributed by atoms with Crippen LogP contribution in [0.1, 0.15) is 60.0 Å². The van der Waals surface area contributed by atoms with Crippen molar-refractivity contribution in [2.24, 2.45) is 17.6 Å². The molecular weight excluding hydrogens is 642 g/mol. The number of anilines is 1. The number of aromatic nitrogens is 2. The smallest absolute Gasteiger partial charge is 0.251 e. The number of benzene rings is 3. The van der Waals surface area contributed by atoms with Gasteiger partial charge in [0, 0.05) is 35.5 Å². The van der Waals surface area contributed by atoms with E-state index >= 15 is 0 Å². The van der Waals surface area contributed by atoms with E-state index in [2.05, 4.69) is 31.5 Å². The molecule has 0 bridgehead atoms. The molecule has 2 fully saturated rings. The molecule has 2 atom stereocenters. The van der Waals surface area contributed by atoms with Crippen molar-refractivity contribution in [2.75, 3.05) is 18.4 Å². The van der Waals surface area contributed by atoms with Crippen molar-refractivity contribution in [3.05, 3.63) is 82.5 Å². The van der Waals surface area contributed by atoms with E-state index in [1.165, 1.54) is 0 Å². The lowest BCUT2D eigenvalue weighted by atomic mass is 9.81. The number of fused-ring (bicyclic) bond motifs is 1. The van der Waals surface area contributed by atoms with Crippen molar-refractivity contribution in [1.82, 2.24) is 26.1 Å². The van der Waals surface area contributed by atoms with Crippen molar-refractivity contribution >= 4 is 51.8 Å². The molecule has 0 radical (unpaired) electrons. The molecule has 12 heteroatoms. The maximum Gasteiger partial charge on any atom is 0.251 e. The summed E-state index contributed by atoms with van der Waals surface area (Å²) in [6.45, 7) is 3.20. The number of hydrogen-bond donors (Lipinski definition) is 6. The minimum Gasteiger partial charge on any atom is -0.354 e. The molecule has 1 saturated carbocycles. The molecule has 11 nitrogen and oxygen atoms in total. The number of aromatic amines is 1. The molecule has 6 rings (SSSR count). The van der Waals surface area contributed by atoms with Crippen molar-refractivity contribution in [2.45, 2.75) is 64.0 Å². The normalized spacial score (nSPS) is 19.9. The third-order valence-corrected chi connectivity index (χ3v) is 10.0.